The summed E-state index contributed by atoms with van der Waals surface area (Å²) < 4.78 is 0. The van der Waals surface area contributed by atoms with E-state index in [2.05, 4.69) is 17.1 Å². The number of carbonyl (C=O) groups excluding carboxylic acids is 1. The summed E-state index contributed by atoms with van der Waals surface area (Å²) in [5.74, 6) is 0.174. The summed E-state index contributed by atoms with van der Waals surface area (Å²) in [6.07, 6.45) is 4.33. The Hall–Kier alpha value is -0.610. The van der Waals surface area contributed by atoms with Crippen LogP contribution in [0.15, 0.2) is 0 Å². The molecule has 1 aliphatic carbocycles. The average molecular weight is 227 g/mol. The van der Waals surface area contributed by atoms with Crippen LogP contribution >= 0.6 is 0 Å². The van der Waals surface area contributed by atoms with Gasteiger partial charge in [-0.1, -0.05) is 6.92 Å². The molecule has 0 bridgehead atoms. The van der Waals surface area contributed by atoms with Gasteiger partial charge in [0.1, 0.15) is 0 Å². The van der Waals surface area contributed by atoms with Gasteiger partial charge in [-0.25, -0.2) is 0 Å². The lowest BCUT2D eigenvalue weighted by Crippen LogP contribution is -2.46. The van der Waals surface area contributed by atoms with E-state index in [1.54, 1.807) is 0 Å². The van der Waals surface area contributed by atoms with Gasteiger partial charge in [0, 0.05) is 12.6 Å². The van der Waals surface area contributed by atoms with Crippen molar-refractivity contribution in [2.75, 3.05) is 19.6 Å². The first kappa shape index (κ1) is 13.5. The first-order valence-electron chi connectivity index (χ1n) is 6.43. The van der Waals surface area contributed by atoms with Crippen molar-refractivity contribution >= 4 is 5.91 Å². The number of nitrogens with two attached hydrogens (primary N) is 1. The van der Waals surface area contributed by atoms with Crippen molar-refractivity contribution in [1.29, 1.82) is 0 Å². The lowest BCUT2D eigenvalue weighted by molar-refractivity contribution is -0.126. The van der Waals surface area contributed by atoms with E-state index < -0.39 is 0 Å². The molecule has 0 radical (unpaired) electrons. The molecule has 4 nitrogen and oxygen atoms in total. The van der Waals surface area contributed by atoms with Crippen LogP contribution in [-0.2, 0) is 4.79 Å². The zero-order valence-corrected chi connectivity index (χ0v) is 10.5. The second-order valence-electron chi connectivity index (χ2n) is 4.64. The number of hydrogen-bond acceptors (Lipinski definition) is 3. The van der Waals surface area contributed by atoms with Gasteiger partial charge in [-0.05, 0) is 45.7 Å². The highest BCUT2D eigenvalue weighted by atomic mass is 16.2. The Balaban J connectivity index is 2.36. The predicted molar refractivity (Wildman–Crippen MR) is 66.2 cm³/mol. The van der Waals surface area contributed by atoms with E-state index in [-0.39, 0.29) is 11.9 Å². The van der Waals surface area contributed by atoms with Crippen LogP contribution in [0.2, 0.25) is 0 Å². The van der Waals surface area contributed by atoms with Gasteiger partial charge in [0.2, 0.25) is 5.91 Å². The number of rotatable bonds is 8. The van der Waals surface area contributed by atoms with Crippen molar-refractivity contribution in [3.63, 3.8) is 0 Å². The Kier molecular flexibility index (Phi) is 5.77. The first-order valence-corrected chi connectivity index (χ1v) is 6.43. The standard InChI is InChI=1S/C12H25N3O/c1-3-8-15(9-4-7-13)10(2)12(16)14-11-5-6-11/h10-11H,3-9,13H2,1-2H3,(H,14,16). The quantitative estimate of drug-likeness (QED) is 0.642. The molecule has 0 spiro atoms. The molecule has 4 heteroatoms. The SMILES string of the molecule is CCCN(CCCN)C(C)C(=O)NC1CC1. The molecule has 0 aromatic rings. The average Bonchev–Trinajstić information content (AvgIpc) is 3.07. The third-order valence-corrected chi connectivity index (χ3v) is 3.01. The zero-order chi connectivity index (χ0) is 12.0. The Morgan fingerprint density at radius 3 is 2.69 bits per heavy atom. The minimum absolute atomic E-state index is 0.0212. The number of nitrogens with zero attached hydrogens (tertiary/aromatic N) is 1. The zero-order valence-electron chi connectivity index (χ0n) is 10.5. The number of nitrogens with one attached hydrogen (secondary N) is 1. The van der Waals surface area contributed by atoms with Crippen LogP contribution in [0.4, 0.5) is 0 Å². The second-order valence-corrected chi connectivity index (χ2v) is 4.64. The highest BCUT2D eigenvalue weighted by molar-refractivity contribution is 5.81. The van der Waals surface area contributed by atoms with Crippen molar-refractivity contribution in [3.8, 4) is 0 Å². The van der Waals surface area contributed by atoms with Crippen LogP contribution in [0.1, 0.15) is 39.5 Å². The van der Waals surface area contributed by atoms with Gasteiger partial charge >= 0.3 is 0 Å². The van der Waals surface area contributed by atoms with Gasteiger partial charge in [-0.3, -0.25) is 9.69 Å². The summed E-state index contributed by atoms with van der Waals surface area (Å²) in [6, 6.07) is 0.431. The summed E-state index contributed by atoms with van der Waals surface area (Å²) in [5.41, 5.74) is 5.51. The summed E-state index contributed by atoms with van der Waals surface area (Å²) in [7, 11) is 0. The molecule has 1 rings (SSSR count). The molecule has 0 aromatic carbocycles. The highest BCUT2D eigenvalue weighted by Gasteiger charge is 2.27. The molecule has 0 heterocycles. The van der Waals surface area contributed by atoms with E-state index in [0.717, 1.165) is 38.8 Å². The molecule has 1 aliphatic rings. The smallest absolute Gasteiger partial charge is 0.237 e. The number of carbonyl (C=O) groups is 1. The molecular weight excluding hydrogens is 202 g/mol. The highest BCUT2D eigenvalue weighted by Crippen LogP contribution is 2.19. The molecule has 1 atom stereocenters. The van der Waals surface area contributed by atoms with Gasteiger partial charge in [0.25, 0.3) is 0 Å². The van der Waals surface area contributed by atoms with Gasteiger partial charge in [0.05, 0.1) is 6.04 Å². The first-order chi connectivity index (χ1) is 7.69. The molecule has 16 heavy (non-hydrogen) atoms. The molecular formula is C12H25N3O. The molecule has 0 saturated heterocycles. The minimum Gasteiger partial charge on any atom is -0.352 e. The molecule has 3 N–H and O–H groups in total. The second kappa shape index (κ2) is 6.86. The lowest BCUT2D eigenvalue weighted by Gasteiger charge is -2.27. The molecule has 1 amide bonds. The molecule has 1 saturated carbocycles. The van der Waals surface area contributed by atoms with E-state index in [1.165, 1.54) is 0 Å². The van der Waals surface area contributed by atoms with E-state index in [1.807, 2.05) is 6.92 Å². The fourth-order valence-electron chi connectivity index (χ4n) is 1.80. The number of amides is 1. The summed E-state index contributed by atoms with van der Waals surface area (Å²) in [4.78, 5) is 14.1. The van der Waals surface area contributed by atoms with E-state index >= 15 is 0 Å². The maximum Gasteiger partial charge on any atom is 0.237 e. The maximum absolute atomic E-state index is 11.9. The summed E-state index contributed by atoms with van der Waals surface area (Å²) in [5, 5.41) is 3.06. The lowest BCUT2D eigenvalue weighted by atomic mass is 10.2. The van der Waals surface area contributed by atoms with Crippen LogP contribution in [-0.4, -0.2) is 42.5 Å². The maximum atomic E-state index is 11.9. The van der Waals surface area contributed by atoms with Crippen LogP contribution in [0, 0.1) is 0 Å². The van der Waals surface area contributed by atoms with Crippen molar-refractivity contribution < 1.29 is 4.79 Å². The van der Waals surface area contributed by atoms with E-state index in [9.17, 15) is 4.79 Å². The van der Waals surface area contributed by atoms with Crippen molar-refractivity contribution in [2.24, 2.45) is 5.73 Å². The monoisotopic (exact) mass is 227 g/mol. The normalized spacial score (nSPS) is 17.5. The van der Waals surface area contributed by atoms with Crippen molar-refractivity contribution in [1.82, 2.24) is 10.2 Å². The van der Waals surface area contributed by atoms with Crippen molar-refractivity contribution in [2.45, 2.75) is 51.6 Å². The molecule has 0 aliphatic heterocycles. The third kappa shape index (κ3) is 4.49. The summed E-state index contributed by atoms with van der Waals surface area (Å²) in [6.45, 7) is 6.71. The van der Waals surface area contributed by atoms with E-state index in [4.69, 9.17) is 5.73 Å². The molecule has 1 unspecified atom stereocenters. The molecule has 94 valence electrons. The van der Waals surface area contributed by atoms with Gasteiger partial charge in [0.15, 0.2) is 0 Å². The Morgan fingerprint density at radius 1 is 1.50 bits per heavy atom. The van der Waals surface area contributed by atoms with E-state index in [0.29, 0.717) is 12.6 Å². The fourth-order valence-corrected chi connectivity index (χ4v) is 1.80. The topological polar surface area (TPSA) is 58.4 Å². The Bertz CT molecular complexity index is 216. The Labute approximate surface area is 98.6 Å². The van der Waals surface area contributed by atoms with Gasteiger partial charge in [-0.2, -0.15) is 0 Å². The summed E-state index contributed by atoms with van der Waals surface area (Å²) >= 11 is 0. The Morgan fingerprint density at radius 2 is 2.19 bits per heavy atom. The van der Waals surface area contributed by atoms with Gasteiger partial charge < -0.3 is 11.1 Å². The van der Waals surface area contributed by atoms with Gasteiger partial charge in [-0.15, -0.1) is 0 Å². The van der Waals surface area contributed by atoms with Crippen LogP contribution in [0.3, 0.4) is 0 Å². The van der Waals surface area contributed by atoms with Crippen LogP contribution < -0.4 is 11.1 Å². The fraction of sp³-hybridized carbons (Fsp3) is 0.917. The van der Waals surface area contributed by atoms with Crippen LogP contribution in [0.5, 0.6) is 0 Å². The molecule has 0 aromatic heterocycles. The van der Waals surface area contributed by atoms with Crippen LogP contribution in [0.25, 0.3) is 0 Å². The van der Waals surface area contributed by atoms with Crippen molar-refractivity contribution in [3.05, 3.63) is 0 Å². The third-order valence-electron chi connectivity index (χ3n) is 3.01. The minimum atomic E-state index is -0.0212. The largest absolute Gasteiger partial charge is 0.352 e. The molecule has 1 fully saturated rings. The predicted octanol–water partition coefficient (Wildman–Crippen LogP) is 0.714. The number of hydrogen-bond donors (Lipinski definition) is 2.